The van der Waals surface area contributed by atoms with Gasteiger partial charge in [0.05, 0.1) is 12.5 Å². The molecule has 0 bridgehead atoms. The van der Waals surface area contributed by atoms with E-state index in [-0.39, 0.29) is 24.2 Å². The summed E-state index contributed by atoms with van der Waals surface area (Å²) in [6.07, 6.45) is 2.19. The summed E-state index contributed by atoms with van der Waals surface area (Å²) in [6, 6.07) is 4.59. The lowest BCUT2D eigenvalue weighted by atomic mass is 10.1. The summed E-state index contributed by atoms with van der Waals surface area (Å²) >= 11 is 3.26. The minimum atomic E-state index is -0.356. The minimum absolute atomic E-state index is 0.0536. The highest BCUT2D eigenvalue weighted by molar-refractivity contribution is 9.10. The monoisotopic (exact) mass is 315 g/mol. The number of rotatable bonds is 4. The Labute approximate surface area is 114 Å². The molecule has 1 aromatic rings. The third-order valence-electron chi connectivity index (χ3n) is 2.91. The molecule has 0 radical (unpaired) electrons. The van der Waals surface area contributed by atoms with Crippen LogP contribution in [0.3, 0.4) is 0 Å². The van der Waals surface area contributed by atoms with E-state index in [1.54, 1.807) is 12.1 Å². The maximum absolute atomic E-state index is 13.4. The van der Waals surface area contributed by atoms with Gasteiger partial charge in [0, 0.05) is 17.6 Å². The SMILES string of the molecule is O=C(Cc1cc(Br)ccc1F)NCC1CCCO1. The fourth-order valence-electron chi connectivity index (χ4n) is 1.95. The van der Waals surface area contributed by atoms with Crippen LogP contribution in [0, 0.1) is 5.82 Å². The number of amides is 1. The van der Waals surface area contributed by atoms with Crippen LogP contribution in [0.25, 0.3) is 0 Å². The molecule has 1 aliphatic heterocycles. The van der Waals surface area contributed by atoms with Crippen molar-refractivity contribution < 1.29 is 13.9 Å². The molecule has 1 fully saturated rings. The van der Waals surface area contributed by atoms with Gasteiger partial charge in [-0.2, -0.15) is 0 Å². The van der Waals surface area contributed by atoms with Crippen LogP contribution in [0.5, 0.6) is 0 Å². The van der Waals surface area contributed by atoms with Crippen molar-refractivity contribution >= 4 is 21.8 Å². The van der Waals surface area contributed by atoms with E-state index in [9.17, 15) is 9.18 Å². The number of hydrogen-bond acceptors (Lipinski definition) is 2. The lowest BCUT2D eigenvalue weighted by Crippen LogP contribution is -2.32. The molecule has 0 aliphatic carbocycles. The van der Waals surface area contributed by atoms with Gasteiger partial charge in [-0.3, -0.25) is 4.79 Å². The number of hydrogen-bond donors (Lipinski definition) is 1. The third-order valence-corrected chi connectivity index (χ3v) is 3.40. The number of carbonyl (C=O) groups excluding carboxylic acids is 1. The third kappa shape index (κ3) is 3.78. The summed E-state index contributed by atoms with van der Waals surface area (Å²) in [4.78, 5) is 11.7. The molecule has 0 saturated carbocycles. The predicted octanol–water partition coefficient (Wildman–Crippen LogP) is 2.43. The van der Waals surface area contributed by atoms with Gasteiger partial charge in [0.15, 0.2) is 0 Å². The molecule has 0 spiro atoms. The fraction of sp³-hybridized carbons (Fsp3) is 0.462. The quantitative estimate of drug-likeness (QED) is 0.926. The first-order valence-corrected chi connectivity index (χ1v) is 6.76. The second-order valence-corrected chi connectivity index (χ2v) is 5.27. The van der Waals surface area contributed by atoms with Gasteiger partial charge in [-0.25, -0.2) is 4.39 Å². The maximum atomic E-state index is 13.4. The Morgan fingerprint density at radius 3 is 3.11 bits per heavy atom. The van der Waals surface area contributed by atoms with Crippen LogP contribution < -0.4 is 5.32 Å². The van der Waals surface area contributed by atoms with Crippen LogP contribution >= 0.6 is 15.9 Å². The molecule has 1 amide bonds. The van der Waals surface area contributed by atoms with Crippen molar-refractivity contribution in [2.75, 3.05) is 13.2 Å². The Kier molecular flexibility index (Phi) is 4.72. The number of halogens is 2. The van der Waals surface area contributed by atoms with Crippen LogP contribution in [-0.2, 0) is 16.0 Å². The van der Waals surface area contributed by atoms with E-state index in [1.807, 2.05) is 0 Å². The Morgan fingerprint density at radius 2 is 2.39 bits per heavy atom. The summed E-state index contributed by atoms with van der Waals surface area (Å²) in [6.45, 7) is 1.27. The number of benzene rings is 1. The molecular formula is C13H15BrFNO2. The second kappa shape index (κ2) is 6.29. The van der Waals surface area contributed by atoms with Crippen LogP contribution in [0.15, 0.2) is 22.7 Å². The molecule has 2 rings (SSSR count). The molecule has 3 nitrogen and oxygen atoms in total. The molecule has 1 aliphatic rings. The number of ether oxygens (including phenoxy) is 1. The van der Waals surface area contributed by atoms with Gasteiger partial charge < -0.3 is 10.1 Å². The lowest BCUT2D eigenvalue weighted by molar-refractivity contribution is -0.121. The van der Waals surface area contributed by atoms with E-state index in [1.165, 1.54) is 6.07 Å². The predicted molar refractivity (Wildman–Crippen MR) is 69.8 cm³/mol. The van der Waals surface area contributed by atoms with Gasteiger partial charge in [-0.15, -0.1) is 0 Å². The molecule has 1 atom stereocenters. The molecule has 18 heavy (non-hydrogen) atoms. The Morgan fingerprint density at radius 1 is 1.56 bits per heavy atom. The van der Waals surface area contributed by atoms with Crippen LogP contribution in [0.4, 0.5) is 4.39 Å². The van der Waals surface area contributed by atoms with Gasteiger partial charge in [-0.1, -0.05) is 15.9 Å². The summed E-state index contributed by atoms with van der Waals surface area (Å²) in [5.41, 5.74) is 0.397. The van der Waals surface area contributed by atoms with Crippen LogP contribution in [0.1, 0.15) is 18.4 Å². The molecule has 5 heteroatoms. The minimum Gasteiger partial charge on any atom is -0.376 e. The van der Waals surface area contributed by atoms with Crippen LogP contribution in [0.2, 0.25) is 0 Å². The summed E-state index contributed by atoms with van der Waals surface area (Å²) in [7, 11) is 0. The van der Waals surface area contributed by atoms with Gasteiger partial charge in [0.25, 0.3) is 0 Å². The van der Waals surface area contributed by atoms with Crippen molar-refractivity contribution in [3.8, 4) is 0 Å². The summed E-state index contributed by atoms with van der Waals surface area (Å²) < 4.78 is 19.6. The zero-order valence-corrected chi connectivity index (χ0v) is 11.5. The van der Waals surface area contributed by atoms with Crippen LogP contribution in [-0.4, -0.2) is 25.2 Å². The van der Waals surface area contributed by atoms with Crippen molar-refractivity contribution in [1.29, 1.82) is 0 Å². The van der Waals surface area contributed by atoms with E-state index < -0.39 is 0 Å². The van der Waals surface area contributed by atoms with E-state index in [0.29, 0.717) is 12.1 Å². The number of nitrogens with one attached hydrogen (secondary N) is 1. The molecule has 1 saturated heterocycles. The fourth-order valence-corrected chi connectivity index (χ4v) is 2.36. The highest BCUT2D eigenvalue weighted by Gasteiger charge is 2.16. The Hall–Kier alpha value is -0.940. The normalized spacial score (nSPS) is 18.9. The Balaban J connectivity index is 1.84. The van der Waals surface area contributed by atoms with Crippen molar-refractivity contribution in [2.45, 2.75) is 25.4 Å². The standard InChI is InChI=1S/C13H15BrFNO2/c14-10-3-4-12(15)9(6-10)7-13(17)16-8-11-2-1-5-18-11/h3-4,6,11H,1-2,5,7-8H2,(H,16,17). The molecule has 98 valence electrons. The highest BCUT2D eigenvalue weighted by atomic mass is 79.9. The van der Waals surface area contributed by atoms with Gasteiger partial charge >= 0.3 is 0 Å². The maximum Gasteiger partial charge on any atom is 0.224 e. The van der Waals surface area contributed by atoms with E-state index in [4.69, 9.17) is 4.74 Å². The molecule has 1 N–H and O–H groups in total. The second-order valence-electron chi connectivity index (χ2n) is 4.35. The molecule has 1 heterocycles. The van der Waals surface area contributed by atoms with Crippen molar-refractivity contribution in [2.24, 2.45) is 0 Å². The van der Waals surface area contributed by atoms with Gasteiger partial charge in [0.2, 0.25) is 5.91 Å². The first-order chi connectivity index (χ1) is 8.65. The van der Waals surface area contributed by atoms with Crippen molar-refractivity contribution in [3.63, 3.8) is 0 Å². The molecule has 0 aromatic heterocycles. The summed E-state index contributed by atoms with van der Waals surface area (Å²) in [5.74, 6) is -0.534. The highest BCUT2D eigenvalue weighted by Crippen LogP contribution is 2.16. The smallest absolute Gasteiger partial charge is 0.224 e. The largest absolute Gasteiger partial charge is 0.376 e. The van der Waals surface area contributed by atoms with Crippen molar-refractivity contribution in [1.82, 2.24) is 5.32 Å². The Bertz CT molecular complexity index is 433. The number of carbonyl (C=O) groups is 1. The first-order valence-electron chi connectivity index (χ1n) is 5.97. The molecular weight excluding hydrogens is 301 g/mol. The zero-order chi connectivity index (χ0) is 13.0. The van der Waals surface area contributed by atoms with Crippen molar-refractivity contribution in [3.05, 3.63) is 34.1 Å². The van der Waals surface area contributed by atoms with Gasteiger partial charge in [-0.05, 0) is 36.6 Å². The van der Waals surface area contributed by atoms with Gasteiger partial charge in [0.1, 0.15) is 5.82 Å². The lowest BCUT2D eigenvalue weighted by Gasteiger charge is -2.11. The first kappa shape index (κ1) is 13.5. The van der Waals surface area contributed by atoms with E-state index in [0.717, 1.165) is 23.9 Å². The zero-order valence-electron chi connectivity index (χ0n) is 9.92. The van der Waals surface area contributed by atoms with E-state index in [2.05, 4.69) is 21.2 Å². The topological polar surface area (TPSA) is 38.3 Å². The average molecular weight is 316 g/mol. The average Bonchev–Trinajstić information content (AvgIpc) is 2.84. The molecule has 1 aromatic carbocycles. The molecule has 1 unspecified atom stereocenters. The summed E-state index contributed by atoms with van der Waals surface area (Å²) in [5, 5.41) is 2.77. The van der Waals surface area contributed by atoms with E-state index >= 15 is 0 Å².